The van der Waals surface area contributed by atoms with Crippen LogP contribution >= 0.6 is 0 Å². The van der Waals surface area contributed by atoms with E-state index in [0.29, 0.717) is 6.04 Å². The average molecular weight is 401 g/mol. The fourth-order valence-electron chi connectivity index (χ4n) is 4.59. The molecule has 2 fully saturated rings. The minimum atomic E-state index is -0.591. The van der Waals surface area contributed by atoms with Gasteiger partial charge in [-0.3, -0.25) is 9.59 Å². The van der Waals surface area contributed by atoms with Gasteiger partial charge in [0.1, 0.15) is 6.04 Å². The molecule has 0 saturated carbocycles. The van der Waals surface area contributed by atoms with Crippen molar-refractivity contribution in [1.82, 2.24) is 15.1 Å². The van der Waals surface area contributed by atoms with Crippen LogP contribution in [-0.2, 0) is 16.0 Å². The van der Waals surface area contributed by atoms with E-state index in [1.165, 1.54) is 44.5 Å². The smallest absolute Gasteiger partial charge is 0.239 e. The van der Waals surface area contributed by atoms with Crippen molar-refractivity contribution in [2.24, 2.45) is 11.7 Å². The highest BCUT2D eigenvalue weighted by Gasteiger charge is 2.31. The minimum Gasteiger partial charge on any atom is -0.368 e. The van der Waals surface area contributed by atoms with Crippen LogP contribution in [0.25, 0.3) is 0 Å². The molecule has 0 unspecified atom stereocenters. The summed E-state index contributed by atoms with van der Waals surface area (Å²) in [7, 11) is 0. The SMILES string of the molecule is C[C@H](NC(=O)C1CCN(C2CCN(CCCc3ccccc3)CC2)CC1)C(N)=O. The monoisotopic (exact) mass is 400 g/mol. The highest BCUT2D eigenvalue weighted by atomic mass is 16.2. The molecule has 1 aromatic rings. The Balaban J connectivity index is 1.32. The third-order valence-electron chi connectivity index (χ3n) is 6.54. The Labute approximate surface area is 174 Å². The molecule has 0 aromatic heterocycles. The second kappa shape index (κ2) is 10.7. The summed E-state index contributed by atoms with van der Waals surface area (Å²) < 4.78 is 0. The number of nitrogens with two attached hydrogens (primary N) is 1. The fourth-order valence-corrected chi connectivity index (χ4v) is 4.59. The molecule has 0 bridgehead atoms. The lowest BCUT2D eigenvalue weighted by Crippen LogP contribution is -2.50. The molecule has 160 valence electrons. The summed E-state index contributed by atoms with van der Waals surface area (Å²) in [5, 5.41) is 2.74. The normalized spacial score (nSPS) is 21.0. The lowest BCUT2D eigenvalue weighted by molar-refractivity contribution is -0.130. The Morgan fingerprint density at radius 3 is 2.34 bits per heavy atom. The second-order valence-electron chi connectivity index (χ2n) is 8.60. The average Bonchev–Trinajstić information content (AvgIpc) is 2.75. The summed E-state index contributed by atoms with van der Waals surface area (Å²) in [5.41, 5.74) is 6.67. The minimum absolute atomic E-state index is 0.00567. The molecule has 3 rings (SSSR count). The van der Waals surface area contributed by atoms with Crippen LogP contribution in [0.15, 0.2) is 30.3 Å². The van der Waals surface area contributed by atoms with Crippen LogP contribution < -0.4 is 11.1 Å². The Morgan fingerprint density at radius 2 is 1.72 bits per heavy atom. The molecular formula is C23H36N4O2. The zero-order valence-electron chi connectivity index (χ0n) is 17.7. The van der Waals surface area contributed by atoms with Gasteiger partial charge >= 0.3 is 0 Å². The van der Waals surface area contributed by atoms with Gasteiger partial charge in [-0.1, -0.05) is 30.3 Å². The number of nitrogens with zero attached hydrogens (tertiary/aromatic N) is 2. The maximum absolute atomic E-state index is 12.3. The molecule has 6 heteroatoms. The molecule has 2 aliphatic rings. The number of benzene rings is 1. The van der Waals surface area contributed by atoms with Crippen LogP contribution in [-0.4, -0.2) is 66.4 Å². The molecule has 6 nitrogen and oxygen atoms in total. The molecule has 1 aromatic carbocycles. The Bertz CT molecular complexity index is 650. The molecule has 0 spiro atoms. The number of aryl methyl sites for hydroxylation is 1. The van der Waals surface area contributed by atoms with Crippen LogP contribution in [0.3, 0.4) is 0 Å². The quantitative estimate of drug-likeness (QED) is 0.697. The fraction of sp³-hybridized carbons (Fsp3) is 0.652. The molecule has 0 aliphatic carbocycles. The Hall–Kier alpha value is -1.92. The number of rotatable bonds is 8. The highest BCUT2D eigenvalue weighted by molar-refractivity contribution is 5.87. The van der Waals surface area contributed by atoms with Gasteiger partial charge in [0.2, 0.25) is 11.8 Å². The van der Waals surface area contributed by atoms with Crippen LogP contribution in [0.4, 0.5) is 0 Å². The van der Waals surface area contributed by atoms with Crippen molar-refractivity contribution < 1.29 is 9.59 Å². The first-order chi connectivity index (χ1) is 14.0. The Morgan fingerprint density at radius 1 is 1.07 bits per heavy atom. The zero-order valence-corrected chi connectivity index (χ0v) is 17.7. The van der Waals surface area contributed by atoms with Gasteiger partial charge in [0.05, 0.1) is 0 Å². The van der Waals surface area contributed by atoms with Gasteiger partial charge in [-0.05, 0) is 83.7 Å². The predicted octanol–water partition coefficient (Wildman–Crippen LogP) is 1.79. The van der Waals surface area contributed by atoms with Crippen molar-refractivity contribution in [2.75, 3.05) is 32.7 Å². The summed E-state index contributed by atoms with van der Waals surface area (Å²) in [4.78, 5) is 28.6. The lowest BCUT2D eigenvalue weighted by atomic mass is 9.92. The van der Waals surface area contributed by atoms with Crippen molar-refractivity contribution in [3.05, 3.63) is 35.9 Å². The third-order valence-corrected chi connectivity index (χ3v) is 6.54. The van der Waals surface area contributed by atoms with E-state index >= 15 is 0 Å². The number of carbonyl (C=O) groups excluding carboxylic acids is 2. The summed E-state index contributed by atoms with van der Waals surface area (Å²) >= 11 is 0. The second-order valence-corrected chi connectivity index (χ2v) is 8.60. The van der Waals surface area contributed by atoms with E-state index < -0.39 is 11.9 Å². The highest BCUT2D eigenvalue weighted by Crippen LogP contribution is 2.24. The number of hydrogen-bond acceptors (Lipinski definition) is 4. The predicted molar refractivity (Wildman–Crippen MR) is 115 cm³/mol. The van der Waals surface area contributed by atoms with Gasteiger partial charge in [-0.2, -0.15) is 0 Å². The summed E-state index contributed by atoms with van der Waals surface area (Å²) in [6, 6.07) is 10.8. The van der Waals surface area contributed by atoms with Gasteiger partial charge in [-0.15, -0.1) is 0 Å². The van der Waals surface area contributed by atoms with E-state index in [-0.39, 0.29) is 11.8 Å². The number of likely N-dealkylation sites (tertiary alicyclic amines) is 2. The summed E-state index contributed by atoms with van der Waals surface area (Å²) in [5.74, 6) is -0.498. The van der Waals surface area contributed by atoms with E-state index in [9.17, 15) is 9.59 Å². The van der Waals surface area contributed by atoms with Crippen LogP contribution in [0.1, 0.15) is 44.6 Å². The van der Waals surface area contributed by atoms with E-state index in [0.717, 1.165) is 32.4 Å². The molecular weight excluding hydrogens is 364 g/mol. The van der Waals surface area contributed by atoms with Gasteiger partial charge in [0.25, 0.3) is 0 Å². The van der Waals surface area contributed by atoms with Crippen molar-refractivity contribution in [3.63, 3.8) is 0 Å². The van der Waals surface area contributed by atoms with E-state index in [1.807, 2.05) is 0 Å². The molecule has 2 aliphatic heterocycles. The van der Waals surface area contributed by atoms with Gasteiger partial charge < -0.3 is 20.9 Å². The van der Waals surface area contributed by atoms with Crippen molar-refractivity contribution in [1.29, 1.82) is 0 Å². The van der Waals surface area contributed by atoms with Crippen molar-refractivity contribution >= 4 is 11.8 Å². The van der Waals surface area contributed by atoms with Gasteiger partial charge in [-0.25, -0.2) is 0 Å². The van der Waals surface area contributed by atoms with Gasteiger partial charge in [0, 0.05) is 12.0 Å². The summed E-state index contributed by atoms with van der Waals surface area (Å²) in [6.07, 6.45) is 6.56. The molecule has 29 heavy (non-hydrogen) atoms. The maximum Gasteiger partial charge on any atom is 0.239 e. The van der Waals surface area contributed by atoms with Gasteiger partial charge in [0.15, 0.2) is 0 Å². The number of nitrogens with one attached hydrogen (secondary N) is 1. The van der Waals surface area contributed by atoms with E-state index in [2.05, 4.69) is 45.4 Å². The molecule has 0 radical (unpaired) electrons. The van der Waals surface area contributed by atoms with Crippen LogP contribution in [0.5, 0.6) is 0 Å². The molecule has 2 heterocycles. The molecule has 2 amide bonds. The zero-order chi connectivity index (χ0) is 20.6. The number of primary amides is 1. The van der Waals surface area contributed by atoms with Crippen molar-refractivity contribution in [2.45, 2.75) is 57.5 Å². The van der Waals surface area contributed by atoms with E-state index in [1.54, 1.807) is 6.92 Å². The van der Waals surface area contributed by atoms with Crippen molar-refractivity contribution in [3.8, 4) is 0 Å². The van der Waals surface area contributed by atoms with E-state index in [4.69, 9.17) is 5.73 Å². The lowest BCUT2D eigenvalue weighted by Gasteiger charge is -2.41. The molecule has 1 atom stereocenters. The number of amides is 2. The maximum atomic E-state index is 12.3. The third kappa shape index (κ3) is 6.54. The molecule has 2 saturated heterocycles. The largest absolute Gasteiger partial charge is 0.368 e. The first kappa shape index (κ1) is 21.8. The first-order valence-corrected chi connectivity index (χ1v) is 11.1. The van der Waals surface area contributed by atoms with Crippen LogP contribution in [0.2, 0.25) is 0 Å². The number of hydrogen-bond donors (Lipinski definition) is 2. The Kier molecular flexibility index (Phi) is 8.07. The number of piperidine rings is 2. The molecule has 3 N–H and O–H groups in total. The number of carbonyl (C=O) groups is 2. The first-order valence-electron chi connectivity index (χ1n) is 11.1. The topological polar surface area (TPSA) is 78.7 Å². The standard InChI is InChI=1S/C23H36N4O2/c1-18(22(24)28)25-23(29)20-9-16-27(17-10-20)21-11-14-26(15-12-21)13-5-8-19-6-3-2-4-7-19/h2-4,6-7,18,20-21H,5,8-17H2,1H3,(H2,24,28)(H,25,29)/t18-/m0/s1. The van der Waals surface area contributed by atoms with Crippen LogP contribution in [0, 0.1) is 5.92 Å². The summed E-state index contributed by atoms with van der Waals surface area (Å²) in [6.45, 7) is 7.13.